The van der Waals surface area contributed by atoms with Gasteiger partial charge in [-0.15, -0.1) is 46.2 Å². The molecule has 0 saturated carbocycles. The van der Waals surface area contributed by atoms with Crippen LogP contribution in [-0.4, -0.2) is 73.6 Å². The zero-order valence-electron chi connectivity index (χ0n) is 21.6. The molecule has 1 aromatic carbocycles. The van der Waals surface area contributed by atoms with Crippen molar-refractivity contribution in [3.05, 3.63) is 49.7 Å². The van der Waals surface area contributed by atoms with Crippen molar-refractivity contribution < 1.29 is 64.1 Å². The van der Waals surface area contributed by atoms with Crippen molar-refractivity contribution in [3.63, 3.8) is 0 Å². The number of β-lactam (4-membered cyclic amide) rings is 1. The topological polar surface area (TPSA) is 208 Å². The fraction of sp³-hybridized carbons (Fsp3) is 0.217. The van der Waals surface area contributed by atoms with Crippen molar-refractivity contribution in [2.75, 3.05) is 24.3 Å². The zero-order valence-corrected chi connectivity index (χ0v) is 27.6. The molecule has 42 heavy (non-hydrogen) atoms. The molecule has 19 heteroatoms. The van der Waals surface area contributed by atoms with E-state index in [9.17, 15) is 34.5 Å². The summed E-state index contributed by atoms with van der Waals surface area (Å²) < 4.78 is 0.733. The number of nitrogen functional groups attached to an aromatic ring is 1. The van der Waals surface area contributed by atoms with Crippen LogP contribution in [0.2, 0.25) is 5.02 Å². The molecule has 0 radical (unpaired) electrons. The van der Waals surface area contributed by atoms with Crippen LogP contribution in [0, 0.1) is 0 Å². The average Bonchev–Trinajstić information content (AvgIpc) is 3.37. The van der Waals surface area contributed by atoms with Crippen LogP contribution in [0.15, 0.2) is 42.9 Å². The molecule has 2 aliphatic rings. The third kappa shape index (κ3) is 5.96. The number of phenols is 2. The molecule has 2 aromatic heterocycles. The van der Waals surface area contributed by atoms with E-state index in [1.165, 1.54) is 30.3 Å². The minimum Gasteiger partial charge on any atom is -0.543 e. The Hall–Kier alpha value is -2.51. The van der Waals surface area contributed by atoms with Crippen LogP contribution in [-0.2, 0) is 19.2 Å². The Labute approximate surface area is 280 Å². The summed E-state index contributed by atoms with van der Waals surface area (Å²) in [6.45, 7) is 0. The Bertz CT molecular complexity index is 1750. The molecule has 2 amide bonds. The van der Waals surface area contributed by atoms with Crippen molar-refractivity contribution in [2.45, 2.75) is 15.6 Å². The third-order valence-electron chi connectivity index (χ3n) is 5.97. The number of oxime groups is 1. The number of carboxylic acid groups (broad SMARTS) is 1. The van der Waals surface area contributed by atoms with Crippen LogP contribution in [0.25, 0.3) is 10.1 Å². The number of nitrogens with one attached hydrogen (secondary N) is 1. The van der Waals surface area contributed by atoms with Crippen LogP contribution < -0.4 is 51.1 Å². The summed E-state index contributed by atoms with van der Waals surface area (Å²) >= 11 is 10.7. The number of thioether (sulfide) groups is 2. The molecule has 3 aromatic rings. The van der Waals surface area contributed by atoms with Crippen LogP contribution >= 0.6 is 57.8 Å². The SMILES string of the molecule is CO/N=C(\C(=O)N[C@@H]1C(=O)N2C(C(=O)[O-])=C(CSc3cc(=O)c4cc(O)c(O)c(Cl)c4s3)CS[C@H]12)c1csc(N)n1.[Na+]. The fourth-order valence-corrected chi connectivity index (χ4v) is 8.69. The van der Waals surface area contributed by atoms with Crippen molar-refractivity contribution in [1.29, 1.82) is 0 Å². The van der Waals surface area contributed by atoms with Gasteiger partial charge < -0.3 is 36.0 Å². The number of hydrogen-bond donors (Lipinski definition) is 4. The first-order valence-electron chi connectivity index (χ1n) is 11.3. The first-order chi connectivity index (χ1) is 19.5. The predicted octanol–water partition coefficient (Wildman–Crippen LogP) is -2.08. The molecule has 0 bridgehead atoms. The van der Waals surface area contributed by atoms with E-state index in [1.807, 2.05) is 0 Å². The maximum atomic E-state index is 13.0. The van der Waals surface area contributed by atoms with Crippen molar-refractivity contribution in [3.8, 4) is 11.5 Å². The van der Waals surface area contributed by atoms with Gasteiger partial charge in [0.1, 0.15) is 29.2 Å². The molecule has 5 rings (SSSR count). The van der Waals surface area contributed by atoms with Gasteiger partial charge in [-0.2, -0.15) is 0 Å². The first kappa shape index (κ1) is 32.4. The van der Waals surface area contributed by atoms with Crippen LogP contribution in [0.1, 0.15) is 5.69 Å². The molecule has 214 valence electrons. The molecule has 4 heterocycles. The van der Waals surface area contributed by atoms with E-state index < -0.39 is 46.1 Å². The first-order valence-corrected chi connectivity index (χ1v) is 15.4. The van der Waals surface area contributed by atoms with Gasteiger partial charge >= 0.3 is 29.6 Å². The van der Waals surface area contributed by atoms with Crippen molar-refractivity contribution in [1.82, 2.24) is 15.2 Å². The number of halogens is 1. The molecule has 1 fully saturated rings. The molecule has 5 N–H and O–H groups in total. The van der Waals surface area contributed by atoms with E-state index in [2.05, 4.69) is 15.5 Å². The minimum absolute atomic E-state index is 0. The van der Waals surface area contributed by atoms with E-state index in [1.54, 1.807) is 0 Å². The number of nitrogens with two attached hydrogens (primary N) is 1. The number of hydrogen-bond acceptors (Lipinski definition) is 15. The number of phenolic OH excluding ortho intramolecular Hbond substituents is 2. The van der Waals surface area contributed by atoms with Crippen molar-refractivity contribution >= 4 is 96.5 Å². The summed E-state index contributed by atoms with van der Waals surface area (Å²) in [5, 5.41) is 39.0. The smallest absolute Gasteiger partial charge is 0.543 e. The number of rotatable bonds is 8. The van der Waals surface area contributed by atoms with Crippen LogP contribution in [0.5, 0.6) is 11.5 Å². The summed E-state index contributed by atoms with van der Waals surface area (Å²) in [5.74, 6) is -3.72. The molecule has 0 aliphatic carbocycles. The second-order valence-electron chi connectivity index (χ2n) is 8.45. The standard InChI is InChI=1S/C23H18ClN5O8S4.Na/c1-37-28-14(9-6-40-23(25)26-9)19(33)27-15-20(34)29-16(22(35)36)7(5-39-21(15)29)4-38-12-3-10(30)8-2-11(31)17(32)13(24)18(8)41-12;/h2-3,6,15,21,31-32H,4-5H2,1H3,(H2,25,26)(H,27,33)(H,35,36);/q;+1/p-1/b28-14-;/t15-,21-;/m1./s1. The molecule has 1 saturated heterocycles. The minimum atomic E-state index is -1.56. The van der Waals surface area contributed by atoms with Gasteiger partial charge in [0.25, 0.3) is 11.8 Å². The second-order valence-corrected chi connectivity index (χ2v) is 13.1. The van der Waals surface area contributed by atoms with Gasteiger partial charge in [-0.1, -0.05) is 16.8 Å². The van der Waals surface area contributed by atoms with Gasteiger partial charge in [0.05, 0.1) is 20.6 Å². The van der Waals surface area contributed by atoms with Gasteiger partial charge in [-0.05, 0) is 11.6 Å². The third-order valence-corrected chi connectivity index (χ3v) is 10.9. The number of carbonyl (C=O) groups is 3. The number of nitrogens with zero attached hydrogens (tertiary/aromatic N) is 3. The monoisotopic (exact) mass is 677 g/mol. The summed E-state index contributed by atoms with van der Waals surface area (Å²) in [6, 6.07) is 1.41. The number of aromatic hydroxyl groups is 2. The predicted molar refractivity (Wildman–Crippen MR) is 154 cm³/mol. The Morgan fingerprint density at radius 3 is 2.74 bits per heavy atom. The number of anilines is 1. The number of benzene rings is 1. The fourth-order valence-electron chi connectivity index (χ4n) is 4.12. The zero-order chi connectivity index (χ0) is 29.6. The number of thiazole rings is 1. The van der Waals surface area contributed by atoms with E-state index in [-0.39, 0.29) is 78.4 Å². The molecule has 13 nitrogen and oxygen atoms in total. The molecule has 2 atom stereocenters. The van der Waals surface area contributed by atoms with Crippen LogP contribution in [0.3, 0.4) is 0 Å². The Balaban J connectivity index is 0.00000405. The number of fused-ring (bicyclic) bond motifs is 2. The normalized spacial score (nSPS) is 18.3. The van der Waals surface area contributed by atoms with Gasteiger partial charge in [0.15, 0.2) is 27.8 Å². The summed E-state index contributed by atoms with van der Waals surface area (Å²) in [5.41, 5.74) is 5.23. The van der Waals surface area contributed by atoms with E-state index in [0.717, 1.165) is 45.4 Å². The van der Waals surface area contributed by atoms with E-state index in [4.69, 9.17) is 22.2 Å². The largest absolute Gasteiger partial charge is 1.00 e. The molecule has 0 unspecified atom stereocenters. The quantitative estimate of drug-likeness (QED) is 0.0506. The Kier molecular flexibility index (Phi) is 10.0. The van der Waals surface area contributed by atoms with Crippen molar-refractivity contribution in [2.24, 2.45) is 5.16 Å². The van der Waals surface area contributed by atoms with Gasteiger partial charge in [0, 0.05) is 28.3 Å². The van der Waals surface area contributed by atoms with Gasteiger partial charge in [-0.3, -0.25) is 19.3 Å². The summed E-state index contributed by atoms with van der Waals surface area (Å²) in [4.78, 5) is 60.5. The molecular formula is C23H17ClN5NaO8S4. The summed E-state index contributed by atoms with van der Waals surface area (Å²) in [6.07, 6.45) is 0. The molecular weight excluding hydrogens is 661 g/mol. The Morgan fingerprint density at radius 1 is 1.36 bits per heavy atom. The number of amides is 2. The Morgan fingerprint density at radius 2 is 2.10 bits per heavy atom. The van der Waals surface area contributed by atoms with E-state index in [0.29, 0.717) is 9.78 Å². The number of aliphatic carboxylic acids is 1. The number of carboxylic acids is 1. The number of carbonyl (C=O) groups excluding carboxylic acids is 3. The van der Waals surface area contributed by atoms with Gasteiger partial charge in [-0.25, -0.2) is 4.98 Å². The summed E-state index contributed by atoms with van der Waals surface area (Å²) in [7, 11) is 1.24. The molecule has 0 spiro atoms. The van der Waals surface area contributed by atoms with Crippen LogP contribution in [0.4, 0.5) is 5.13 Å². The molecule has 2 aliphatic heterocycles. The second kappa shape index (κ2) is 13.0. The van der Waals surface area contributed by atoms with Gasteiger partial charge in [0.2, 0.25) is 0 Å². The number of aromatic nitrogens is 1. The van der Waals surface area contributed by atoms with E-state index >= 15 is 0 Å². The average molecular weight is 678 g/mol. The maximum absolute atomic E-state index is 13.0. The maximum Gasteiger partial charge on any atom is 1.00 e.